The van der Waals surface area contributed by atoms with Crippen LogP contribution >= 0.6 is 0 Å². The predicted molar refractivity (Wildman–Crippen MR) is 96.0 cm³/mol. The molecule has 1 N–H and O–H groups in total. The molecule has 0 saturated carbocycles. The molecule has 0 bridgehead atoms. The largest absolute Gasteiger partial charge is 0.348 e. The number of carbonyl (C=O) groups is 1. The van der Waals surface area contributed by atoms with Gasteiger partial charge in [-0.15, -0.1) is 0 Å². The summed E-state index contributed by atoms with van der Waals surface area (Å²) in [5.74, 6) is -0.0794. The second-order valence-electron chi connectivity index (χ2n) is 6.25. The van der Waals surface area contributed by atoms with Gasteiger partial charge in [-0.25, -0.2) is 8.42 Å². The summed E-state index contributed by atoms with van der Waals surface area (Å²) < 4.78 is 27.3. The first-order valence-corrected chi connectivity index (χ1v) is 9.78. The van der Waals surface area contributed by atoms with E-state index in [-0.39, 0.29) is 11.7 Å². The Morgan fingerprint density at radius 1 is 1.32 bits per heavy atom. The Bertz CT molecular complexity index is 918. The van der Waals surface area contributed by atoms with Crippen molar-refractivity contribution in [2.24, 2.45) is 7.05 Å². The number of nitrogens with one attached hydrogen (secondary N) is 1. The zero-order valence-corrected chi connectivity index (χ0v) is 15.4. The molecule has 1 amide bonds. The number of amides is 1. The lowest BCUT2D eigenvalue weighted by Crippen LogP contribution is -2.26. The van der Waals surface area contributed by atoms with Gasteiger partial charge in [0.2, 0.25) is 10.0 Å². The molecule has 1 saturated heterocycles. The summed E-state index contributed by atoms with van der Waals surface area (Å²) in [4.78, 5) is 12.5. The molecule has 1 fully saturated rings. The third-order valence-electron chi connectivity index (χ3n) is 4.58. The average Bonchev–Trinajstić information content (AvgIpc) is 3.04. The first kappa shape index (κ1) is 17.5. The van der Waals surface area contributed by atoms with E-state index in [1.807, 2.05) is 20.9 Å². The maximum absolute atomic E-state index is 12.5. The van der Waals surface area contributed by atoms with Crippen LogP contribution in [0, 0.1) is 13.8 Å². The van der Waals surface area contributed by atoms with Gasteiger partial charge in [0, 0.05) is 37.0 Å². The molecule has 0 unspecified atom stereocenters. The van der Waals surface area contributed by atoms with Gasteiger partial charge in [0.1, 0.15) is 0 Å². The molecule has 1 aliphatic rings. The number of anilines is 1. The van der Waals surface area contributed by atoms with Gasteiger partial charge in [-0.1, -0.05) is 6.07 Å². The van der Waals surface area contributed by atoms with Gasteiger partial charge in [-0.2, -0.15) is 5.10 Å². The molecule has 8 heteroatoms. The zero-order chi connectivity index (χ0) is 18.2. The normalized spacial score (nSPS) is 16.2. The fourth-order valence-electron chi connectivity index (χ4n) is 3.08. The van der Waals surface area contributed by atoms with E-state index in [4.69, 9.17) is 0 Å². The van der Waals surface area contributed by atoms with Crippen molar-refractivity contribution < 1.29 is 13.2 Å². The van der Waals surface area contributed by atoms with Gasteiger partial charge < -0.3 is 5.32 Å². The number of hydrogen-bond acceptors (Lipinski definition) is 4. The Balaban J connectivity index is 1.76. The Labute approximate surface area is 147 Å². The van der Waals surface area contributed by atoms with Gasteiger partial charge >= 0.3 is 0 Å². The molecule has 2 aromatic rings. The van der Waals surface area contributed by atoms with Crippen LogP contribution < -0.4 is 9.62 Å². The monoisotopic (exact) mass is 362 g/mol. The van der Waals surface area contributed by atoms with E-state index in [2.05, 4.69) is 10.4 Å². The fourth-order valence-corrected chi connectivity index (χ4v) is 4.63. The summed E-state index contributed by atoms with van der Waals surface area (Å²) in [6.07, 6.45) is 0.609. The summed E-state index contributed by atoms with van der Waals surface area (Å²) in [6, 6.07) is 6.74. The van der Waals surface area contributed by atoms with Crippen LogP contribution in [-0.2, 0) is 23.6 Å². The van der Waals surface area contributed by atoms with E-state index in [0.29, 0.717) is 30.8 Å². The van der Waals surface area contributed by atoms with Crippen molar-refractivity contribution in [3.8, 4) is 0 Å². The predicted octanol–water partition coefficient (Wildman–Crippen LogP) is 1.51. The average molecular weight is 362 g/mol. The molecule has 0 spiro atoms. The van der Waals surface area contributed by atoms with Crippen LogP contribution in [0.2, 0.25) is 0 Å². The maximum atomic E-state index is 12.5. The van der Waals surface area contributed by atoms with Crippen molar-refractivity contribution in [3.63, 3.8) is 0 Å². The lowest BCUT2D eigenvalue weighted by atomic mass is 10.1. The van der Waals surface area contributed by atoms with Gasteiger partial charge in [0.15, 0.2) is 0 Å². The number of hydrogen-bond donors (Lipinski definition) is 1. The highest BCUT2D eigenvalue weighted by Crippen LogP contribution is 2.24. The van der Waals surface area contributed by atoms with Crippen molar-refractivity contribution in [2.45, 2.75) is 26.8 Å². The highest BCUT2D eigenvalue weighted by molar-refractivity contribution is 7.93. The summed E-state index contributed by atoms with van der Waals surface area (Å²) in [6.45, 7) is 4.71. The van der Waals surface area contributed by atoms with Crippen LogP contribution in [0.1, 0.15) is 33.7 Å². The lowest BCUT2D eigenvalue weighted by molar-refractivity contribution is 0.0951. The fraction of sp³-hybridized carbons (Fsp3) is 0.412. The lowest BCUT2D eigenvalue weighted by Gasteiger charge is -2.17. The Kier molecular flexibility index (Phi) is 4.55. The van der Waals surface area contributed by atoms with E-state index in [0.717, 1.165) is 17.0 Å². The third kappa shape index (κ3) is 3.39. The molecule has 0 aliphatic carbocycles. The van der Waals surface area contributed by atoms with Gasteiger partial charge in [-0.3, -0.25) is 13.8 Å². The molecule has 1 aliphatic heterocycles. The number of rotatable bonds is 4. The van der Waals surface area contributed by atoms with E-state index in [1.165, 1.54) is 4.31 Å². The molecule has 0 radical (unpaired) electrons. The number of aryl methyl sites for hydroxylation is 2. The number of benzene rings is 1. The SMILES string of the molecule is Cc1nn(C)c(C)c1CNC(=O)c1cccc(N2CCCS2(=O)=O)c1. The summed E-state index contributed by atoms with van der Waals surface area (Å²) in [5.41, 5.74) is 3.87. The first-order valence-electron chi connectivity index (χ1n) is 8.17. The zero-order valence-electron chi connectivity index (χ0n) is 14.6. The highest BCUT2D eigenvalue weighted by atomic mass is 32.2. The molecular formula is C17H22N4O3S. The Morgan fingerprint density at radius 2 is 2.08 bits per heavy atom. The molecule has 134 valence electrons. The standard InChI is InChI=1S/C17H22N4O3S/c1-12-16(13(2)20(3)19-12)11-18-17(22)14-6-4-7-15(10-14)21-8-5-9-25(21,23)24/h4,6-7,10H,5,8-9,11H2,1-3H3,(H,18,22). The minimum Gasteiger partial charge on any atom is -0.348 e. The van der Waals surface area contributed by atoms with Gasteiger partial charge in [-0.05, 0) is 38.5 Å². The van der Waals surface area contributed by atoms with Gasteiger partial charge in [0.25, 0.3) is 5.91 Å². The molecular weight excluding hydrogens is 340 g/mol. The molecule has 25 heavy (non-hydrogen) atoms. The number of sulfonamides is 1. The van der Waals surface area contributed by atoms with E-state index < -0.39 is 10.0 Å². The Hall–Kier alpha value is -2.35. The van der Waals surface area contributed by atoms with E-state index in [1.54, 1.807) is 28.9 Å². The topological polar surface area (TPSA) is 84.3 Å². The van der Waals surface area contributed by atoms with Crippen LogP contribution in [0.4, 0.5) is 5.69 Å². The third-order valence-corrected chi connectivity index (χ3v) is 6.45. The van der Waals surface area contributed by atoms with Crippen LogP contribution in [-0.4, -0.2) is 36.4 Å². The van der Waals surface area contributed by atoms with Crippen molar-refractivity contribution in [3.05, 3.63) is 46.8 Å². The van der Waals surface area contributed by atoms with E-state index in [9.17, 15) is 13.2 Å². The molecule has 7 nitrogen and oxygen atoms in total. The number of nitrogens with zero attached hydrogens (tertiary/aromatic N) is 3. The summed E-state index contributed by atoms with van der Waals surface area (Å²) in [5, 5.41) is 7.22. The smallest absolute Gasteiger partial charge is 0.251 e. The highest BCUT2D eigenvalue weighted by Gasteiger charge is 2.28. The van der Waals surface area contributed by atoms with E-state index >= 15 is 0 Å². The second kappa shape index (κ2) is 6.51. The molecule has 3 rings (SSSR count). The minimum absolute atomic E-state index is 0.156. The first-order chi connectivity index (χ1) is 11.8. The Morgan fingerprint density at radius 3 is 2.68 bits per heavy atom. The van der Waals surface area contributed by atoms with Crippen LogP contribution in [0.5, 0.6) is 0 Å². The number of aromatic nitrogens is 2. The minimum atomic E-state index is -3.26. The van der Waals surface area contributed by atoms with Crippen molar-refractivity contribution in [2.75, 3.05) is 16.6 Å². The second-order valence-corrected chi connectivity index (χ2v) is 8.26. The van der Waals surface area contributed by atoms with Crippen molar-refractivity contribution in [1.29, 1.82) is 0 Å². The van der Waals surface area contributed by atoms with Crippen LogP contribution in [0.3, 0.4) is 0 Å². The molecule has 1 aromatic carbocycles. The summed E-state index contributed by atoms with van der Waals surface area (Å²) in [7, 11) is -1.39. The molecule has 1 aromatic heterocycles. The van der Waals surface area contributed by atoms with Crippen LogP contribution in [0.25, 0.3) is 0 Å². The summed E-state index contributed by atoms with van der Waals surface area (Å²) >= 11 is 0. The van der Waals surface area contributed by atoms with Crippen molar-refractivity contribution >= 4 is 21.6 Å². The maximum Gasteiger partial charge on any atom is 0.251 e. The van der Waals surface area contributed by atoms with Gasteiger partial charge in [0.05, 0.1) is 17.1 Å². The van der Waals surface area contributed by atoms with Crippen molar-refractivity contribution in [1.82, 2.24) is 15.1 Å². The molecule has 2 heterocycles. The van der Waals surface area contributed by atoms with Crippen LogP contribution in [0.15, 0.2) is 24.3 Å². The quantitative estimate of drug-likeness (QED) is 0.893. The number of carbonyl (C=O) groups excluding carboxylic acids is 1. The molecule has 0 atom stereocenters.